The van der Waals surface area contributed by atoms with Crippen LogP contribution in [0.1, 0.15) is 176 Å². The molecule has 0 N–H and O–H groups in total. The lowest BCUT2D eigenvalue weighted by Crippen LogP contribution is -2.67. The molecule has 9 rings (SSSR count). The summed E-state index contributed by atoms with van der Waals surface area (Å²) in [5.74, 6) is 5.47. The van der Waals surface area contributed by atoms with Gasteiger partial charge in [-0.1, -0.05) is 105 Å². The number of ketones is 1. The summed E-state index contributed by atoms with van der Waals surface area (Å²) in [6, 6.07) is 10.8. The molecule has 63 heavy (non-hydrogen) atoms. The number of Topliss-reactive ketones (excluding diaryl/α,β-unsaturated/α-hetero) is 1. The predicted octanol–water partition coefficient (Wildman–Crippen LogP) is 12.4. The van der Waals surface area contributed by atoms with Crippen LogP contribution < -0.4 is 0 Å². The maximum Gasteiger partial charge on any atom is 0.373 e. The maximum atomic E-state index is 15.1. The van der Waals surface area contributed by atoms with Crippen LogP contribution in [0.25, 0.3) is 0 Å². The number of ether oxygens (including phenoxy) is 1. The second kappa shape index (κ2) is 15.9. The van der Waals surface area contributed by atoms with Crippen LogP contribution in [0.4, 0.5) is 0 Å². The first-order valence-corrected chi connectivity index (χ1v) is 24.7. The van der Waals surface area contributed by atoms with Crippen molar-refractivity contribution >= 4 is 17.9 Å². The summed E-state index contributed by atoms with van der Waals surface area (Å²) < 4.78 is 12.6. The number of aromatic nitrogens is 2. The number of allylic oxidation sites excluding steroid dienone is 1. The van der Waals surface area contributed by atoms with Crippen LogP contribution in [0.2, 0.25) is 0 Å². The maximum absolute atomic E-state index is 15.1. The first-order valence-electron chi connectivity index (χ1n) is 24.7. The third-order valence-electron chi connectivity index (χ3n) is 21.6. The van der Waals surface area contributed by atoms with Crippen molar-refractivity contribution in [2.75, 3.05) is 0 Å². The number of fused-ring (bicyclic) bond motifs is 7. The van der Waals surface area contributed by atoms with E-state index in [1.165, 1.54) is 36.8 Å². The number of nitrogens with zero attached hydrogens (tertiary/aromatic N) is 2. The number of rotatable bonds is 9. The number of carbonyl (C=O) groups excluding carboxylic acids is 4. The molecule has 0 bridgehead atoms. The van der Waals surface area contributed by atoms with Crippen molar-refractivity contribution in [2.45, 2.75) is 178 Å². The molecule has 0 aliphatic heterocycles. The fourth-order valence-electron chi connectivity index (χ4n) is 17.4. The van der Waals surface area contributed by atoms with E-state index in [9.17, 15) is 4.79 Å². The van der Waals surface area contributed by atoms with Gasteiger partial charge >= 0.3 is 12.1 Å². The van der Waals surface area contributed by atoms with Crippen molar-refractivity contribution in [3.63, 3.8) is 0 Å². The highest BCUT2D eigenvalue weighted by molar-refractivity contribution is 5.86. The zero-order valence-corrected chi connectivity index (χ0v) is 40.6. The van der Waals surface area contributed by atoms with Crippen LogP contribution in [0, 0.1) is 92.2 Å². The van der Waals surface area contributed by atoms with Gasteiger partial charge in [0, 0.05) is 30.1 Å². The molecular formula is C55H78N2O6. The van der Waals surface area contributed by atoms with Gasteiger partial charge in [-0.25, -0.2) is 0 Å². The van der Waals surface area contributed by atoms with Gasteiger partial charge in [0.2, 0.25) is 11.8 Å². The molecule has 7 aliphatic rings. The molecule has 7 saturated carbocycles. The minimum Gasteiger partial charge on any atom is -0.462 e. The first-order chi connectivity index (χ1) is 29.5. The second-order valence-electron chi connectivity index (χ2n) is 24.8. The Morgan fingerprint density at radius 2 is 1.48 bits per heavy atom. The molecule has 1 heterocycles. The number of esters is 1. The third kappa shape index (κ3) is 6.93. The molecule has 0 amide bonds. The lowest BCUT2D eigenvalue weighted by Gasteiger charge is -2.73. The lowest BCUT2D eigenvalue weighted by molar-refractivity contribution is -0.250. The van der Waals surface area contributed by atoms with Crippen molar-refractivity contribution in [1.29, 1.82) is 0 Å². The summed E-state index contributed by atoms with van der Waals surface area (Å²) in [6.07, 6.45) is 15.1. The Bertz CT molecular complexity index is 2110. The molecule has 1 aromatic heterocycles. The summed E-state index contributed by atoms with van der Waals surface area (Å²) in [6.45, 7) is 30.9. The van der Waals surface area contributed by atoms with E-state index in [4.69, 9.17) is 18.7 Å². The Kier molecular flexibility index (Phi) is 11.7. The van der Waals surface area contributed by atoms with Crippen molar-refractivity contribution < 1.29 is 28.3 Å². The lowest BCUT2D eigenvalue weighted by atomic mass is 9.32. The molecule has 0 saturated heterocycles. The van der Waals surface area contributed by atoms with Gasteiger partial charge in [0.05, 0.1) is 5.92 Å². The van der Waals surface area contributed by atoms with Crippen molar-refractivity contribution in [1.82, 2.24) is 10.2 Å². The molecule has 14 atom stereocenters. The molecule has 1 aromatic carbocycles. The van der Waals surface area contributed by atoms with Gasteiger partial charge in [-0.2, -0.15) is 9.59 Å². The van der Waals surface area contributed by atoms with E-state index in [-0.39, 0.29) is 68.0 Å². The number of carbonyl (C=O) groups is 2. The van der Waals surface area contributed by atoms with Gasteiger partial charge < -0.3 is 9.15 Å². The van der Waals surface area contributed by atoms with Gasteiger partial charge in [0.1, 0.15) is 11.9 Å². The van der Waals surface area contributed by atoms with Crippen LogP contribution >= 0.6 is 0 Å². The zero-order chi connectivity index (χ0) is 45.7. The molecule has 0 radical (unpaired) electrons. The molecule has 0 spiro atoms. The van der Waals surface area contributed by atoms with Gasteiger partial charge in [0.15, 0.2) is 0 Å². The Balaban J connectivity index is 0.00000177. The van der Waals surface area contributed by atoms with Gasteiger partial charge in [-0.05, 0) is 164 Å². The van der Waals surface area contributed by atoms with Gasteiger partial charge in [0.25, 0.3) is 0 Å². The van der Waals surface area contributed by atoms with Crippen LogP contribution in [-0.2, 0) is 30.3 Å². The molecule has 344 valence electrons. The Labute approximate surface area is 378 Å². The Morgan fingerprint density at radius 1 is 0.778 bits per heavy atom. The van der Waals surface area contributed by atoms with Crippen LogP contribution in [0.5, 0.6) is 0 Å². The average molecular weight is 863 g/mol. The topological polar surface area (TPSA) is 116 Å². The Morgan fingerprint density at radius 3 is 2.10 bits per heavy atom. The number of aryl methyl sites for hydroxylation is 1. The normalized spacial score (nSPS) is 42.5. The molecule has 2 aromatic rings. The monoisotopic (exact) mass is 863 g/mol. The molecule has 1 unspecified atom stereocenters. The van der Waals surface area contributed by atoms with Crippen LogP contribution in [-0.4, -0.2) is 34.2 Å². The molecule has 7 fully saturated rings. The minimum absolute atomic E-state index is 0.0258. The molecule has 8 nitrogen and oxygen atoms in total. The fraction of sp³-hybridized carbons (Fsp3) is 0.764. The summed E-state index contributed by atoms with van der Waals surface area (Å²) >= 11 is 0. The number of hydrogen-bond donors (Lipinski definition) is 0. The van der Waals surface area contributed by atoms with Crippen molar-refractivity contribution in [3.8, 4) is 0 Å². The summed E-state index contributed by atoms with van der Waals surface area (Å²) in [5, 5.41) is 8.52. The molecule has 8 heteroatoms. The average Bonchev–Trinajstić information content (AvgIpc) is 3.84. The summed E-state index contributed by atoms with van der Waals surface area (Å²) in [5.41, 5.74) is 2.81. The predicted molar refractivity (Wildman–Crippen MR) is 243 cm³/mol. The standard InChI is InChI=1S/C54H78N2O4.CO2/c1-32(2)37-20-25-54(43(57)31-36-29-39(48(36,4)5)46-56-55-33(3)59-46)27-26-52(11)38(45(37)54)18-19-42-51(10)23-22-44(50(8,9)41(51)21-24-53(42,52)12)60-47(58)40-30-35(49(40,6)7)28-34-16-14-13-15-17-34;2-1-3/h13-17,35-42,44-45H,1,18-31H2,2-12H3;/t35?,36-,37-,38+,39+,40+,41-,42+,44-,45+,51-,52+,53+,54+;/m0./s1. The zero-order valence-electron chi connectivity index (χ0n) is 40.6. The number of benzene rings is 1. The molecular weight excluding hydrogens is 785 g/mol. The summed E-state index contributed by atoms with van der Waals surface area (Å²) in [7, 11) is 0. The van der Waals surface area contributed by atoms with E-state index >= 15 is 4.79 Å². The van der Waals surface area contributed by atoms with Crippen LogP contribution in [0.3, 0.4) is 0 Å². The smallest absolute Gasteiger partial charge is 0.373 e. The van der Waals surface area contributed by atoms with Gasteiger partial charge in [-0.15, -0.1) is 10.2 Å². The van der Waals surface area contributed by atoms with Crippen LogP contribution in [0.15, 0.2) is 46.9 Å². The Hall–Kier alpha value is -3.38. The second-order valence-corrected chi connectivity index (χ2v) is 24.8. The van der Waals surface area contributed by atoms with Crippen molar-refractivity contribution in [3.05, 3.63) is 59.8 Å². The highest BCUT2D eigenvalue weighted by Crippen LogP contribution is 2.78. The van der Waals surface area contributed by atoms with Gasteiger partial charge in [-0.3, -0.25) is 9.59 Å². The van der Waals surface area contributed by atoms with Crippen molar-refractivity contribution in [2.24, 2.45) is 85.2 Å². The minimum atomic E-state index is -0.235. The highest BCUT2D eigenvalue weighted by atomic mass is 16.5. The highest BCUT2D eigenvalue weighted by Gasteiger charge is 2.72. The SMILES string of the molecule is C=C(C)[C@@H]1CC[C@]2(C(=O)C[C@@H]3C[C@H](c4nnc(C)o4)C3(C)C)CC[C@]3(C)[C@H](CC[C@@H]4[C@@]5(C)CC[C@H](OC(=O)[C@H]6CC(Cc7ccccc7)C6(C)C)C(C)(C)[C@@H]5CC[C@]43C)[C@@H]12.O=C=O. The molecule has 7 aliphatic carbocycles. The van der Waals surface area contributed by atoms with E-state index in [1.54, 1.807) is 0 Å². The van der Waals surface area contributed by atoms with E-state index in [2.05, 4.69) is 116 Å². The number of hydrogen-bond acceptors (Lipinski definition) is 8. The summed E-state index contributed by atoms with van der Waals surface area (Å²) in [4.78, 5) is 45.5. The first kappa shape index (κ1) is 46.2. The van der Waals surface area contributed by atoms with E-state index in [0.29, 0.717) is 59.5 Å². The largest absolute Gasteiger partial charge is 0.462 e. The fourth-order valence-corrected chi connectivity index (χ4v) is 17.4. The third-order valence-corrected chi connectivity index (χ3v) is 21.6. The quantitative estimate of drug-likeness (QED) is 0.181. The van der Waals surface area contributed by atoms with E-state index in [0.717, 1.165) is 63.7 Å². The van der Waals surface area contributed by atoms with E-state index < -0.39 is 0 Å². The van der Waals surface area contributed by atoms with E-state index in [1.807, 2.05) is 6.92 Å².